The van der Waals surface area contributed by atoms with E-state index in [-0.39, 0.29) is 5.41 Å². The molecule has 1 atom stereocenters. The van der Waals surface area contributed by atoms with E-state index in [2.05, 4.69) is 37.8 Å². The molecule has 0 saturated carbocycles. The Bertz CT molecular complexity index is 402. The molecule has 1 aliphatic rings. The predicted octanol–water partition coefficient (Wildman–Crippen LogP) is 2.82. The number of likely N-dealkylation sites (tertiary alicyclic amines) is 1. The highest BCUT2D eigenvalue weighted by Crippen LogP contribution is 2.24. The number of nitrogens with zero attached hydrogens (tertiary/aromatic N) is 1. The molecule has 112 valence electrons. The van der Waals surface area contributed by atoms with Gasteiger partial charge in [-0.2, -0.15) is 0 Å². The highest BCUT2D eigenvalue weighted by Gasteiger charge is 2.16. The molecule has 1 heterocycles. The molecule has 1 N–H and O–H groups in total. The quantitative estimate of drug-likeness (QED) is 0.898. The molecule has 0 amide bonds. The van der Waals surface area contributed by atoms with Crippen LogP contribution in [0, 0.1) is 0 Å². The first-order valence-electron chi connectivity index (χ1n) is 7.59. The second kappa shape index (κ2) is 6.59. The number of benzene rings is 1. The van der Waals surface area contributed by atoms with Crippen molar-refractivity contribution in [3.63, 3.8) is 0 Å². The average molecular weight is 277 g/mol. The van der Waals surface area contributed by atoms with E-state index in [0.717, 1.165) is 25.4 Å². The molecule has 1 aromatic carbocycles. The largest absolute Gasteiger partial charge is 0.491 e. The molecule has 20 heavy (non-hydrogen) atoms. The lowest BCUT2D eigenvalue weighted by Crippen LogP contribution is -2.33. The van der Waals surface area contributed by atoms with E-state index in [1.54, 1.807) is 0 Å². The van der Waals surface area contributed by atoms with E-state index in [1.165, 1.54) is 18.4 Å². The number of rotatable bonds is 5. The minimum atomic E-state index is -0.407. The van der Waals surface area contributed by atoms with Crippen molar-refractivity contribution in [1.82, 2.24) is 4.90 Å². The summed E-state index contributed by atoms with van der Waals surface area (Å²) in [6, 6.07) is 8.18. The van der Waals surface area contributed by atoms with Crippen LogP contribution >= 0.6 is 0 Å². The molecule has 1 unspecified atom stereocenters. The molecular weight excluding hydrogens is 250 g/mol. The monoisotopic (exact) mass is 277 g/mol. The van der Waals surface area contributed by atoms with Crippen molar-refractivity contribution in [2.24, 2.45) is 0 Å². The third-order valence-corrected chi connectivity index (χ3v) is 3.83. The zero-order valence-corrected chi connectivity index (χ0v) is 12.9. The lowest BCUT2D eigenvalue weighted by molar-refractivity contribution is 0.0758. The van der Waals surface area contributed by atoms with Gasteiger partial charge in [0.15, 0.2) is 0 Å². The summed E-state index contributed by atoms with van der Waals surface area (Å²) in [5.41, 5.74) is 1.45. The van der Waals surface area contributed by atoms with Gasteiger partial charge in [-0.25, -0.2) is 0 Å². The van der Waals surface area contributed by atoms with Crippen molar-refractivity contribution < 1.29 is 9.84 Å². The summed E-state index contributed by atoms with van der Waals surface area (Å²) in [6.07, 6.45) is 2.10. The van der Waals surface area contributed by atoms with Crippen LogP contribution in [0.15, 0.2) is 24.3 Å². The number of aliphatic hydroxyl groups excluding tert-OH is 1. The van der Waals surface area contributed by atoms with E-state index in [0.29, 0.717) is 6.61 Å². The highest BCUT2D eigenvalue weighted by atomic mass is 16.5. The van der Waals surface area contributed by atoms with Gasteiger partial charge < -0.3 is 14.7 Å². The van der Waals surface area contributed by atoms with Crippen molar-refractivity contribution in [3.8, 4) is 5.75 Å². The summed E-state index contributed by atoms with van der Waals surface area (Å²) in [7, 11) is 0. The minimum absolute atomic E-state index is 0.161. The third kappa shape index (κ3) is 4.50. The summed E-state index contributed by atoms with van der Waals surface area (Å²) in [6.45, 7) is 9.90. The first kappa shape index (κ1) is 15.3. The maximum Gasteiger partial charge on any atom is 0.119 e. The minimum Gasteiger partial charge on any atom is -0.491 e. The van der Waals surface area contributed by atoms with Crippen LogP contribution in [-0.4, -0.2) is 42.4 Å². The van der Waals surface area contributed by atoms with E-state index in [9.17, 15) is 5.11 Å². The van der Waals surface area contributed by atoms with Crippen LogP contribution in [0.5, 0.6) is 5.75 Å². The first-order valence-corrected chi connectivity index (χ1v) is 7.59. The van der Waals surface area contributed by atoms with Gasteiger partial charge in [0.25, 0.3) is 0 Å². The second-order valence-corrected chi connectivity index (χ2v) is 6.75. The fourth-order valence-corrected chi connectivity index (χ4v) is 2.56. The van der Waals surface area contributed by atoms with Gasteiger partial charge in [-0.1, -0.05) is 32.9 Å². The van der Waals surface area contributed by atoms with Crippen LogP contribution in [0.4, 0.5) is 0 Å². The number of hydrogen-bond acceptors (Lipinski definition) is 3. The van der Waals surface area contributed by atoms with Crippen LogP contribution in [0.1, 0.15) is 39.2 Å². The maximum atomic E-state index is 9.99. The van der Waals surface area contributed by atoms with Crippen molar-refractivity contribution in [2.45, 2.75) is 45.1 Å². The second-order valence-electron chi connectivity index (χ2n) is 6.75. The zero-order chi connectivity index (χ0) is 14.6. The molecule has 3 nitrogen and oxygen atoms in total. The van der Waals surface area contributed by atoms with Gasteiger partial charge >= 0.3 is 0 Å². The lowest BCUT2D eigenvalue weighted by atomic mass is 9.87. The summed E-state index contributed by atoms with van der Waals surface area (Å²) >= 11 is 0. The Morgan fingerprint density at radius 1 is 1.15 bits per heavy atom. The lowest BCUT2D eigenvalue weighted by Gasteiger charge is -2.21. The Kier molecular flexibility index (Phi) is 5.06. The Balaban J connectivity index is 1.78. The molecule has 1 aliphatic heterocycles. The first-order chi connectivity index (χ1) is 9.45. The fourth-order valence-electron chi connectivity index (χ4n) is 2.56. The fraction of sp³-hybridized carbons (Fsp3) is 0.647. The predicted molar refractivity (Wildman–Crippen MR) is 82.3 cm³/mol. The molecule has 0 radical (unpaired) electrons. The van der Waals surface area contributed by atoms with Gasteiger partial charge in [-0.05, 0) is 49.0 Å². The molecule has 1 aromatic rings. The van der Waals surface area contributed by atoms with Gasteiger partial charge in [0.1, 0.15) is 18.5 Å². The van der Waals surface area contributed by atoms with E-state index < -0.39 is 6.10 Å². The molecular formula is C17H27NO2. The molecule has 2 rings (SSSR count). The molecule has 0 spiro atoms. The van der Waals surface area contributed by atoms with Crippen LogP contribution in [0.2, 0.25) is 0 Å². The summed E-state index contributed by atoms with van der Waals surface area (Å²) in [5.74, 6) is 0.832. The van der Waals surface area contributed by atoms with Crippen molar-refractivity contribution in [2.75, 3.05) is 26.2 Å². The summed E-state index contributed by atoms with van der Waals surface area (Å²) in [4.78, 5) is 2.30. The van der Waals surface area contributed by atoms with Crippen molar-refractivity contribution in [1.29, 1.82) is 0 Å². The SMILES string of the molecule is CC(C)(C)c1ccc(OCC(O)CN2CCCC2)cc1. The molecule has 1 fully saturated rings. The number of ether oxygens (including phenoxy) is 1. The summed E-state index contributed by atoms with van der Waals surface area (Å²) < 4.78 is 5.67. The normalized spacial score (nSPS) is 18.2. The zero-order valence-electron chi connectivity index (χ0n) is 12.9. The Hall–Kier alpha value is -1.06. The maximum absolute atomic E-state index is 9.99. The van der Waals surface area contributed by atoms with Crippen LogP contribution in [0.25, 0.3) is 0 Å². The van der Waals surface area contributed by atoms with Crippen LogP contribution in [-0.2, 0) is 5.41 Å². The average Bonchev–Trinajstić information content (AvgIpc) is 2.88. The molecule has 1 saturated heterocycles. The van der Waals surface area contributed by atoms with Gasteiger partial charge in [0.2, 0.25) is 0 Å². The third-order valence-electron chi connectivity index (χ3n) is 3.83. The van der Waals surface area contributed by atoms with Gasteiger partial charge in [-0.15, -0.1) is 0 Å². The number of aliphatic hydroxyl groups is 1. The Morgan fingerprint density at radius 2 is 1.75 bits per heavy atom. The number of hydrogen-bond donors (Lipinski definition) is 1. The smallest absolute Gasteiger partial charge is 0.119 e. The van der Waals surface area contributed by atoms with Crippen LogP contribution < -0.4 is 4.74 Å². The topological polar surface area (TPSA) is 32.7 Å². The number of β-amino-alcohol motifs (C(OH)–C–C–N with tert-alkyl or cyclic N) is 1. The van der Waals surface area contributed by atoms with E-state index >= 15 is 0 Å². The van der Waals surface area contributed by atoms with Gasteiger partial charge in [0, 0.05) is 6.54 Å². The van der Waals surface area contributed by atoms with E-state index in [4.69, 9.17) is 4.74 Å². The van der Waals surface area contributed by atoms with E-state index in [1.807, 2.05) is 12.1 Å². The molecule has 0 aliphatic carbocycles. The molecule has 0 aromatic heterocycles. The van der Waals surface area contributed by atoms with Crippen molar-refractivity contribution in [3.05, 3.63) is 29.8 Å². The Labute approximate surface area is 122 Å². The molecule has 0 bridgehead atoms. The Morgan fingerprint density at radius 3 is 2.30 bits per heavy atom. The van der Waals surface area contributed by atoms with Crippen molar-refractivity contribution >= 4 is 0 Å². The standard InChI is InChI=1S/C17H27NO2/c1-17(2,3)14-6-8-16(9-7-14)20-13-15(19)12-18-10-4-5-11-18/h6-9,15,19H,4-5,10-13H2,1-3H3. The molecule has 3 heteroatoms. The van der Waals surface area contributed by atoms with Crippen LogP contribution in [0.3, 0.4) is 0 Å². The highest BCUT2D eigenvalue weighted by molar-refractivity contribution is 5.31. The van der Waals surface area contributed by atoms with Gasteiger partial charge in [0.05, 0.1) is 0 Å². The van der Waals surface area contributed by atoms with Gasteiger partial charge in [-0.3, -0.25) is 0 Å². The summed E-state index contributed by atoms with van der Waals surface area (Å²) in [5, 5.41) is 9.99.